The van der Waals surface area contributed by atoms with E-state index in [1.54, 1.807) is 0 Å². The number of benzene rings is 1. The number of anilines is 2. The van der Waals surface area contributed by atoms with Gasteiger partial charge in [-0.1, -0.05) is 35.0 Å². The minimum absolute atomic E-state index is 0.703. The molecule has 21 heavy (non-hydrogen) atoms. The lowest BCUT2D eigenvalue weighted by molar-refractivity contribution is 0.879. The van der Waals surface area contributed by atoms with E-state index in [1.807, 2.05) is 20.0 Å². The van der Waals surface area contributed by atoms with Crippen LogP contribution in [-0.4, -0.2) is 23.6 Å². The van der Waals surface area contributed by atoms with Crippen molar-refractivity contribution in [3.63, 3.8) is 0 Å². The van der Waals surface area contributed by atoms with Crippen LogP contribution in [-0.2, 0) is 6.54 Å². The summed E-state index contributed by atoms with van der Waals surface area (Å²) < 4.78 is 1.10. The largest absolute Gasteiger partial charge is 0.355 e. The number of nitrogens with zero attached hydrogens (tertiary/aromatic N) is 3. The minimum atomic E-state index is 0.703. The first kappa shape index (κ1) is 15.8. The van der Waals surface area contributed by atoms with Crippen LogP contribution >= 0.6 is 15.9 Å². The zero-order valence-electron chi connectivity index (χ0n) is 12.7. The van der Waals surface area contributed by atoms with E-state index in [1.165, 1.54) is 5.56 Å². The van der Waals surface area contributed by atoms with Gasteiger partial charge in [0.05, 0.1) is 0 Å². The molecule has 0 bridgehead atoms. The fraction of sp³-hybridized carbons (Fsp3) is 0.375. The van der Waals surface area contributed by atoms with Gasteiger partial charge in [0.25, 0.3) is 0 Å². The van der Waals surface area contributed by atoms with Gasteiger partial charge in [-0.2, -0.15) is 4.98 Å². The number of aryl methyl sites for hydroxylation is 1. The van der Waals surface area contributed by atoms with Crippen molar-refractivity contribution in [2.24, 2.45) is 0 Å². The Morgan fingerprint density at radius 3 is 2.57 bits per heavy atom. The second-order valence-electron chi connectivity index (χ2n) is 5.10. The smallest absolute Gasteiger partial charge is 0.224 e. The molecule has 1 N–H and O–H groups in total. The molecule has 0 fully saturated rings. The Hall–Kier alpha value is -1.62. The third-order valence-electron chi connectivity index (χ3n) is 3.10. The van der Waals surface area contributed by atoms with Crippen molar-refractivity contribution in [2.75, 3.05) is 23.8 Å². The number of halogens is 1. The summed E-state index contributed by atoms with van der Waals surface area (Å²) in [6.45, 7) is 5.83. The molecular weight excluding hydrogens is 328 g/mol. The van der Waals surface area contributed by atoms with Crippen LogP contribution in [0.5, 0.6) is 0 Å². The second-order valence-corrected chi connectivity index (χ2v) is 6.02. The van der Waals surface area contributed by atoms with E-state index >= 15 is 0 Å². The Balaban J connectivity index is 2.12. The SMILES string of the molecule is CCCNc1nc(C)cc(N(C)Cc2ccc(Br)cc2)n1. The zero-order chi connectivity index (χ0) is 15.2. The normalized spacial score (nSPS) is 10.5. The second kappa shape index (κ2) is 7.41. The summed E-state index contributed by atoms with van der Waals surface area (Å²) >= 11 is 3.46. The summed E-state index contributed by atoms with van der Waals surface area (Å²) in [5.41, 5.74) is 2.22. The van der Waals surface area contributed by atoms with Gasteiger partial charge in [0, 0.05) is 36.4 Å². The van der Waals surface area contributed by atoms with Gasteiger partial charge in [-0.05, 0) is 31.0 Å². The lowest BCUT2D eigenvalue weighted by atomic mass is 10.2. The maximum absolute atomic E-state index is 4.58. The number of nitrogens with one attached hydrogen (secondary N) is 1. The average molecular weight is 349 g/mol. The molecule has 2 rings (SSSR count). The van der Waals surface area contributed by atoms with Crippen molar-refractivity contribution in [2.45, 2.75) is 26.8 Å². The van der Waals surface area contributed by atoms with Gasteiger partial charge in [0.15, 0.2) is 0 Å². The van der Waals surface area contributed by atoms with Gasteiger partial charge < -0.3 is 10.2 Å². The molecule has 1 aromatic carbocycles. The molecule has 0 aliphatic heterocycles. The van der Waals surface area contributed by atoms with Gasteiger partial charge in [-0.15, -0.1) is 0 Å². The molecule has 1 aromatic heterocycles. The van der Waals surface area contributed by atoms with E-state index in [-0.39, 0.29) is 0 Å². The van der Waals surface area contributed by atoms with Crippen LogP contribution in [0, 0.1) is 6.92 Å². The molecular formula is C16H21BrN4. The van der Waals surface area contributed by atoms with Crippen LogP contribution in [0.15, 0.2) is 34.8 Å². The summed E-state index contributed by atoms with van der Waals surface area (Å²) in [6, 6.07) is 10.4. The van der Waals surface area contributed by atoms with Crippen LogP contribution in [0.25, 0.3) is 0 Å². The monoisotopic (exact) mass is 348 g/mol. The Bertz CT molecular complexity index is 583. The maximum atomic E-state index is 4.58. The lowest BCUT2D eigenvalue weighted by Crippen LogP contribution is -2.19. The Kier molecular flexibility index (Phi) is 5.56. The van der Waals surface area contributed by atoms with Gasteiger partial charge >= 0.3 is 0 Å². The molecule has 0 amide bonds. The molecule has 2 aromatic rings. The predicted octanol–water partition coefficient (Wildman–Crippen LogP) is 4.01. The Morgan fingerprint density at radius 2 is 1.90 bits per heavy atom. The van der Waals surface area contributed by atoms with Crippen LogP contribution in [0.3, 0.4) is 0 Å². The van der Waals surface area contributed by atoms with Crippen LogP contribution in [0.1, 0.15) is 24.6 Å². The summed E-state index contributed by atoms with van der Waals surface area (Å²) in [5, 5.41) is 3.25. The van der Waals surface area contributed by atoms with E-state index in [4.69, 9.17) is 0 Å². The predicted molar refractivity (Wildman–Crippen MR) is 91.8 cm³/mol. The molecule has 0 atom stereocenters. The van der Waals surface area contributed by atoms with E-state index in [2.05, 4.69) is 67.3 Å². The highest BCUT2D eigenvalue weighted by atomic mass is 79.9. The molecule has 0 saturated heterocycles. The van der Waals surface area contributed by atoms with Gasteiger partial charge in [0.1, 0.15) is 5.82 Å². The number of hydrogen-bond acceptors (Lipinski definition) is 4. The molecule has 0 unspecified atom stereocenters. The molecule has 5 heteroatoms. The average Bonchev–Trinajstić information content (AvgIpc) is 2.47. The Labute approximate surface area is 134 Å². The van der Waals surface area contributed by atoms with Crippen molar-refractivity contribution in [3.05, 3.63) is 46.1 Å². The molecule has 4 nitrogen and oxygen atoms in total. The van der Waals surface area contributed by atoms with E-state index in [9.17, 15) is 0 Å². The van der Waals surface area contributed by atoms with Gasteiger partial charge in [-0.3, -0.25) is 0 Å². The van der Waals surface area contributed by atoms with Crippen molar-refractivity contribution in [1.82, 2.24) is 9.97 Å². The molecule has 112 valence electrons. The first-order valence-electron chi connectivity index (χ1n) is 7.13. The van der Waals surface area contributed by atoms with Crippen LogP contribution in [0.2, 0.25) is 0 Å². The first-order valence-corrected chi connectivity index (χ1v) is 7.93. The quantitative estimate of drug-likeness (QED) is 0.856. The summed E-state index contributed by atoms with van der Waals surface area (Å²) in [5.74, 6) is 1.64. The van der Waals surface area contributed by atoms with E-state index < -0.39 is 0 Å². The standard InChI is InChI=1S/C16H21BrN4/c1-4-9-18-16-19-12(2)10-15(20-16)21(3)11-13-5-7-14(17)8-6-13/h5-8,10H,4,9,11H2,1-3H3,(H,18,19,20). The van der Waals surface area contributed by atoms with Crippen molar-refractivity contribution < 1.29 is 0 Å². The van der Waals surface area contributed by atoms with Gasteiger partial charge in [-0.25, -0.2) is 4.98 Å². The topological polar surface area (TPSA) is 41.1 Å². The fourth-order valence-electron chi connectivity index (χ4n) is 2.01. The third-order valence-corrected chi connectivity index (χ3v) is 3.63. The first-order chi connectivity index (χ1) is 10.1. The van der Waals surface area contributed by atoms with Crippen molar-refractivity contribution in [1.29, 1.82) is 0 Å². The van der Waals surface area contributed by atoms with E-state index in [0.29, 0.717) is 5.95 Å². The van der Waals surface area contributed by atoms with E-state index in [0.717, 1.165) is 35.5 Å². The highest BCUT2D eigenvalue weighted by Crippen LogP contribution is 2.17. The highest BCUT2D eigenvalue weighted by Gasteiger charge is 2.07. The van der Waals surface area contributed by atoms with Crippen molar-refractivity contribution >= 4 is 27.7 Å². The number of hydrogen-bond donors (Lipinski definition) is 1. The van der Waals surface area contributed by atoms with Crippen molar-refractivity contribution in [3.8, 4) is 0 Å². The lowest BCUT2D eigenvalue weighted by Gasteiger charge is -2.19. The molecule has 0 spiro atoms. The number of rotatable bonds is 6. The molecule has 0 saturated carbocycles. The zero-order valence-corrected chi connectivity index (χ0v) is 14.3. The molecule has 0 aliphatic rings. The summed E-state index contributed by atoms with van der Waals surface area (Å²) in [4.78, 5) is 11.1. The van der Waals surface area contributed by atoms with Crippen LogP contribution < -0.4 is 10.2 Å². The number of aromatic nitrogens is 2. The third kappa shape index (κ3) is 4.70. The minimum Gasteiger partial charge on any atom is -0.355 e. The Morgan fingerprint density at radius 1 is 1.19 bits per heavy atom. The maximum Gasteiger partial charge on any atom is 0.224 e. The summed E-state index contributed by atoms with van der Waals surface area (Å²) in [7, 11) is 2.05. The fourth-order valence-corrected chi connectivity index (χ4v) is 2.27. The highest BCUT2D eigenvalue weighted by molar-refractivity contribution is 9.10. The molecule has 0 aliphatic carbocycles. The summed E-state index contributed by atoms with van der Waals surface area (Å²) in [6.07, 6.45) is 1.06. The molecule has 1 heterocycles. The molecule has 0 radical (unpaired) electrons. The van der Waals surface area contributed by atoms with Crippen LogP contribution in [0.4, 0.5) is 11.8 Å². The van der Waals surface area contributed by atoms with Gasteiger partial charge in [0.2, 0.25) is 5.95 Å².